The minimum atomic E-state index is -1.48. The molecule has 2 rings (SSSR count). The summed E-state index contributed by atoms with van der Waals surface area (Å²) in [6.07, 6.45) is 3.09. The number of ether oxygens (including phenoxy) is 2. The highest BCUT2D eigenvalue weighted by Crippen LogP contribution is 2.24. The first-order chi connectivity index (χ1) is 10.0. The van der Waals surface area contributed by atoms with Crippen molar-refractivity contribution in [2.24, 2.45) is 0 Å². The second-order valence-corrected chi connectivity index (χ2v) is 4.28. The molecule has 0 heterocycles. The van der Waals surface area contributed by atoms with Crippen LogP contribution in [0, 0.1) is 17.5 Å². The highest BCUT2D eigenvalue weighted by Gasteiger charge is 2.09. The normalized spacial score (nSPS) is 10.9. The van der Waals surface area contributed by atoms with E-state index in [0.29, 0.717) is 11.5 Å². The van der Waals surface area contributed by atoms with Crippen molar-refractivity contribution in [2.45, 2.75) is 0 Å². The largest absolute Gasteiger partial charge is 0.497 e. The molecule has 0 aliphatic heterocycles. The Morgan fingerprint density at radius 3 is 1.57 bits per heavy atom. The zero-order valence-electron chi connectivity index (χ0n) is 11.5. The Labute approximate surface area is 120 Å². The van der Waals surface area contributed by atoms with Crippen molar-refractivity contribution in [1.29, 1.82) is 0 Å². The van der Waals surface area contributed by atoms with Gasteiger partial charge in [-0.2, -0.15) is 0 Å². The lowest BCUT2D eigenvalue weighted by atomic mass is 10.1. The third-order valence-corrected chi connectivity index (χ3v) is 2.85. The molecule has 0 saturated heterocycles. The molecular formula is C16H13F3O2. The maximum atomic E-state index is 13.1. The molecule has 0 fully saturated rings. The molecular weight excluding hydrogens is 281 g/mol. The predicted octanol–water partition coefficient (Wildman–Crippen LogP) is 4.29. The monoisotopic (exact) mass is 294 g/mol. The number of hydrogen-bond donors (Lipinski definition) is 0. The van der Waals surface area contributed by atoms with Crippen LogP contribution in [0.2, 0.25) is 0 Å². The number of hydrogen-bond acceptors (Lipinski definition) is 2. The Morgan fingerprint density at radius 1 is 0.714 bits per heavy atom. The average Bonchev–Trinajstić information content (AvgIpc) is 2.49. The molecule has 2 nitrogen and oxygen atoms in total. The van der Waals surface area contributed by atoms with Crippen molar-refractivity contribution in [3.63, 3.8) is 0 Å². The fourth-order valence-corrected chi connectivity index (χ4v) is 1.79. The van der Waals surface area contributed by atoms with E-state index < -0.39 is 17.5 Å². The number of benzene rings is 2. The summed E-state index contributed by atoms with van der Waals surface area (Å²) in [6, 6.07) is 7.01. The van der Waals surface area contributed by atoms with E-state index in [-0.39, 0.29) is 5.56 Å². The van der Waals surface area contributed by atoms with Crippen LogP contribution in [0.25, 0.3) is 12.2 Å². The van der Waals surface area contributed by atoms with Gasteiger partial charge in [-0.25, -0.2) is 13.2 Å². The van der Waals surface area contributed by atoms with E-state index in [2.05, 4.69) is 0 Å². The van der Waals surface area contributed by atoms with Crippen molar-refractivity contribution in [1.82, 2.24) is 0 Å². The minimum Gasteiger partial charge on any atom is -0.497 e. The van der Waals surface area contributed by atoms with E-state index in [1.54, 1.807) is 24.3 Å². The van der Waals surface area contributed by atoms with Gasteiger partial charge in [0.15, 0.2) is 17.5 Å². The molecule has 0 atom stereocenters. The number of halogens is 3. The summed E-state index contributed by atoms with van der Waals surface area (Å²) in [5.41, 5.74) is 0.935. The van der Waals surface area contributed by atoms with E-state index in [1.165, 1.54) is 20.3 Å². The van der Waals surface area contributed by atoms with Crippen LogP contribution < -0.4 is 9.47 Å². The van der Waals surface area contributed by atoms with Gasteiger partial charge < -0.3 is 9.47 Å². The molecule has 0 bridgehead atoms. The SMILES string of the molecule is COc1cc(/C=C/c2cc(F)c(F)c(F)c2)cc(OC)c1. The van der Waals surface area contributed by atoms with Gasteiger partial charge >= 0.3 is 0 Å². The maximum Gasteiger partial charge on any atom is 0.194 e. The molecule has 0 N–H and O–H groups in total. The molecule has 0 radical (unpaired) electrons. The molecule has 21 heavy (non-hydrogen) atoms. The zero-order chi connectivity index (χ0) is 15.4. The van der Waals surface area contributed by atoms with Crippen LogP contribution in [-0.4, -0.2) is 14.2 Å². The van der Waals surface area contributed by atoms with E-state index >= 15 is 0 Å². The summed E-state index contributed by atoms with van der Waals surface area (Å²) < 4.78 is 49.3. The first-order valence-electron chi connectivity index (χ1n) is 6.09. The van der Waals surface area contributed by atoms with Crippen LogP contribution in [-0.2, 0) is 0 Å². The van der Waals surface area contributed by atoms with Crippen molar-refractivity contribution < 1.29 is 22.6 Å². The molecule has 5 heteroatoms. The predicted molar refractivity (Wildman–Crippen MR) is 74.8 cm³/mol. The molecule has 0 aromatic heterocycles. The lowest BCUT2D eigenvalue weighted by Crippen LogP contribution is -1.91. The van der Waals surface area contributed by atoms with E-state index in [4.69, 9.17) is 9.47 Å². The quantitative estimate of drug-likeness (QED) is 0.618. The molecule has 2 aromatic rings. The summed E-state index contributed by atoms with van der Waals surface area (Å²) >= 11 is 0. The molecule has 0 aliphatic rings. The first kappa shape index (κ1) is 15.0. The van der Waals surface area contributed by atoms with Crippen LogP contribution in [0.1, 0.15) is 11.1 Å². The fraction of sp³-hybridized carbons (Fsp3) is 0.125. The first-order valence-corrected chi connectivity index (χ1v) is 6.09. The van der Waals surface area contributed by atoms with E-state index in [0.717, 1.165) is 17.7 Å². The van der Waals surface area contributed by atoms with Crippen LogP contribution in [0.4, 0.5) is 13.2 Å². The smallest absolute Gasteiger partial charge is 0.194 e. The standard InChI is InChI=1S/C16H13F3O2/c1-20-12-5-10(6-13(9-12)21-2)3-4-11-7-14(17)16(19)15(18)8-11/h3-9H,1-2H3/b4-3+. The van der Waals surface area contributed by atoms with Gasteiger partial charge in [0.25, 0.3) is 0 Å². The van der Waals surface area contributed by atoms with Gasteiger partial charge in [-0.1, -0.05) is 12.2 Å². The van der Waals surface area contributed by atoms with Gasteiger partial charge in [-0.05, 0) is 35.4 Å². The number of rotatable bonds is 4. The molecule has 0 saturated carbocycles. The summed E-state index contributed by atoms with van der Waals surface area (Å²) in [5.74, 6) is -2.75. The Morgan fingerprint density at radius 2 is 1.14 bits per heavy atom. The van der Waals surface area contributed by atoms with Crippen molar-refractivity contribution in [3.05, 3.63) is 58.9 Å². The van der Waals surface area contributed by atoms with Gasteiger partial charge in [0.05, 0.1) is 14.2 Å². The molecule has 0 unspecified atom stereocenters. The Hall–Kier alpha value is -2.43. The van der Waals surface area contributed by atoms with E-state index in [1.807, 2.05) is 0 Å². The van der Waals surface area contributed by atoms with Gasteiger partial charge in [0.2, 0.25) is 0 Å². The second kappa shape index (κ2) is 6.35. The molecule has 0 spiro atoms. The second-order valence-electron chi connectivity index (χ2n) is 4.28. The third-order valence-electron chi connectivity index (χ3n) is 2.85. The Bertz CT molecular complexity index is 636. The summed E-state index contributed by atoms with van der Waals surface area (Å²) in [7, 11) is 3.04. The Balaban J connectivity index is 2.33. The van der Waals surface area contributed by atoms with Gasteiger partial charge in [-0.3, -0.25) is 0 Å². The Kier molecular flexibility index (Phi) is 4.52. The van der Waals surface area contributed by atoms with Gasteiger partial charge in [0, 0.05) is 6.07 Å². The van der Waals surface area contributed by atoms with E-state index in [9.17, 15) is 13.2 Å². The zero-order valence-corrected chi connectivity index (χ0v) is 11.5. The summed E-state index contributed by atoms with van der Waals surface area (Å²) in [4.78, 5) is 0. The topological polar surface area (TPSA) is 18.5 Å². The van der Waals surface area contributed by atoms with Crippen molar-refractivity contribution in [3.8, 4) is 11.5 Å². The highest BCUT2D eigenvalue weighted by molar-refractivity contribution is 5.71. The molecule has 110 valence electrons. The van der Waals surface area contributed by atoms with Gasteiger partial charge in [-0.15, -0.1) is 0 Å². The summed E-state index contributed by atoms with van der Waals surface area (Å²) in [6.45, 7) is 0. The van der Waals surface area contributed by atoms with Crippen LogP contribution in [0.3, 0.4) is 0 Å². The minimum absolute atomic E-state index is 0.216. The fourth-order valence-electron chi connectivity index (χ4n) is 1.79. The maximum absolute atomic E-state index is 13.1. The molecule has 0 aliphatic carbocycles. The lowest BCUT2D eigenvalue weighted by Gasteiger charge is -2.05. The van der Waals surface area contributed by atoms with Crippen LogP contribution in [0.5, 0.6) is 11.5 Å². The van der Waals surface area contributed by atoms with Gasteiger partial charge in [0.1, 0.15) is 11.5 Å². The number of methoxy groups -OCH3 is 2. The van der Waals surface area contributed by atoms with Crippen LogP contribution >= 0.6 is 0 Å². The van der Waals surface area contributed by atoms with Crippen molar-refractivity contribution in [2.75, 3.05) is 14.2 Å². The average molecular weight is 294 g/mol. The third kappa shape index (κ3) is 3.56. The highest BCUT2D eigenvalue weighted by atomic mass is 19.2. The summed E-state index contributed by atoms with van der Waals surface area (Å²) in [5, 5.41) is 0. The van der Waals surface area contributed by atoms with Crippen LogP contribution in [0.15, 0.2) is 30.3 Å². The van der Waals surface area contributed by atoms with Crippen molar-refractivity contribution >= 4 is 12.2 Å². The molecule has 0 amide bonds. The lowest BCUT2D eigenvalue weighted by molar-refractivity contribution is 0.394. The molecule has 2 aromatic carbocycles.